The van der Waals surface area contributed by atoms with Crippen molar-refractivity contribution in [2.75, 3.05) is 0 Å². The Morgan fingerprint density at radius 1 is 1.12 bits per heavy atom. The van der Waals surface area contributed by atoms with E-state index in [4.69, 9.17) is 11.6 Å². The highest BCUT2D eigenvalue weighted by Gasteiger charge is 2.75. The molecule has 3 fully saturated rings. The van der Waals surface area contributed by atoms with E-state index in [0.717, 1.165) is 0 Å². The van der Waals surface area contributed by atoms with Gasteiger partial charge in [0.25, 0.3) is 0 Å². The van der Waals surface area contributed by atoms with E-state index in [1.165, 1.54) is 34.6 Å². The molecule has 1 aliphatic heterocycles. The summed E-state index contributed by atoms with van der Waals surface area (Å²) in [6, 6.07) is 11.4. The molecule has 216 valence electrons. The van der Waals surface area contributed by atoms with Gasteiger partial charge >= 0.3 is 6.18 Å². The van der Waals surface area contributed by atoms with Crippen LogP contribution in [0.25, 0.3) is 0 Å². The maximum atomic E-state index is 13.8. The molecule has 0 unspecified atom stereocenters. The molecule has 6 nitrogen and oxygen atoms in total. The van der Waals surface area contributed by atoms with Crippen molar-refractivity contribution in [1.82, 2.24) is 9.62 Å². The minimum atomic E-state index is -4.32. The largest absolute Gasteiger partial charge is 0.389 e. The van der Waals surface area contributed by atoms with Crippen LogP contribution in [-0.4, -0.2) is 47.6 Å². The Morgan fingerprint density at radius 3 is 2.38 bits per heavy atom. The van der Waals surface area contributed by atoms with E-state index < -0.39 is 51.0 Å². The number of hydrogen-bond acceptors (Lipinski definition) is 5. The van der Waals surface area contributed by atoms with Crippen molar-refractivity contribution in [3.8, 4) is 0 Å². The van der Waals surface area contributed by atoms with Crippen molar-refractivity contribution in [2.45, 2.75) is 87.1 Å². The number of halogens is 5. The number of rotatable bonds is 10. The van der Waals surface area contributed by atoms with Gasteiger partial charge in [0.15, 0.2) is 5.78 Å². The number of ketones is 1. The second-order valence-electron chi connectivity index (χ2n) is 11.8. The maximum Gasteiger partial charge on any atom is 0.389 e. The number of nitrogens with one attached hydrogen (secondary N) is 1. The van der Waals surface area contributed by atoms with Gasteiger partial charge in [0.1, 0.15) is 17.7 Å². The number of carbonyl (C=O) groups excluding carboxylic acids is 1. The van der Waals surface area contributed by atoms with Gasteiger partial charge in [-0.25, -0.2) is 12.8 Å². The number of amidine groups is 1. The summed E-state index contributed by atoms with van der Waals surface area (Å²) in [6.45, 7) is 3.59. The molecule has 0 aromatic heterocycles. The van der Waals surface area contributed by atoms with Gasteiger partial charge < -0.3 is 5.32 Å². The first-order chi connectivity index (χ1) is 18.6. The summed E-state index contributed by atoms with van der Waals surface area (Å²) in [7, 11) is -3.93. The molecular formula is C28H30ClF4N3O3S. The van der Waals surface area contributed by atoms with Crippen LogP contribution >= 0.6 is 11.6 Å². The van der Waals surface area contributed by atoms with E-state index >= 15 is 0 Å². The van der Waals surface area contributed by atoms with E-state index in [1.807, 2.05) is 0 Å². The van der Waals surface area contributed by atoms with Crippen LogP contribution in [0, 0.1) is 11.2 Å². The summed E-state index contributed by atoms with van der Waals surface area (Å²) < 4.78 is 80.6. The zero-order valence-corrected chi connectivity index (χ0v) is 23.6. The molecule has 1 heterocycles. The molecule has 0 amide bonds. The van der Waals surface area contributed by atoms with Crippen molar-refractivity contribution in [3.05, 3.63) is 64.9 Å². The lowest BCUT2D eigenvalue weighted by Crippen LogP contribution is -2.78. The molecular weight excluding hydrogens is 570 g/mol. The Hall–Kier alpha value is -2.50. The normalized spacial score (nSPS) is 27.0. The van der Waals surface area contributed by atoms with Gasteiger partial charge in [-0.3, -0.25) is 9.79 Å². The summed E-state index contributed by atoms with van der Waals surface area (Å²) in [5.41, 5.74) is -1.36. The second kappa shape index (κ2) is 9.80. The lowest BCUT2D eigenvalue weighted by molar-refractivity contribution is -0.151. The van der Waals surface area contributed by atoms with Crippen molar-refractivity contribution < 1.29 is 30.8 Å². The van der Waals surface area contributed by atoms with Gasteiger partial charge in [0, 0.05) is 30.3 Å². The Labute approximate surface area is 235 Å². The quantitative estimate of drug-likeness (QED) is 0.338. The first-order valence-corrected chi connectivity index (χ1v) is 14.9. The molecule has 0 spiro atoms. The molecule has 0 saturated heterocycles. The molecule has 4 aliphatic rings. The van der Waals surface area contributed by atoms with Crippen LogP contribution < -0.4 is 5.32 Å². The van der Waals surface area contributed by atoms with Gasteiger partial charge in [-0.1, -0.05) is 35.9 Å². The van der Waals surface area contributed by atoms with Gasteiger partial charge in [-0.15, -0.1) is 0 Å². The van der Waals surface area contributed by atoms with Crippen LogP contribution in [0.3, 0.4) is 0 Å². The number of Topliss-reactive ketones (excluding diaryl/α,β-unsaturated/α-hetero) is 1. The van der Waals surface area contributed by atoms with Crippen LogP contribution in [0.15, 0.2) is 58.4 Å². The lowest BCUT2D eigenvalue weighted by atomic mass is 9.38. The fourth-order valence-electron chi connectivity index (χ4n) is 6.32. The molecule has 40 heavy (non-hydrogen) atoms. The molecule has 6 rings (SSSR count). The predicted molar refractivity (Wildman–Crippen MR) is 143 cm³/mol. The van der Waals surface area contributed by atoms with Crippen molar-refractivity contribution >= 4 is 33.2 Å². The third kappa shape index (κ3) is 5.16. The lowest BCUT2D eigenvalue weighted by Gasteiger charge is -2.73. The van der Waals surface area contributed by atoms with Crippen molar-refractivity contribution in [3.63, 3.8) is 0 Å². The Morgan fingerprint density at radius 2 is 1.77 bits per heavy atom. The summed E-state index contributed by atoms with van der Waals surface area (Å²) in [5, 5.41) is 3.22. The van der Waals surface area contributed by atoms with E-state index in [0.29, 0.717) is 30.7 Å². The highest BCUT2D eigenvalue weighted by molar-refractivity contribution is 7.89. The third-order valence-electron chi connectivity index (χ3n) is 8.25. The minimum Gasteiger partial charge on any atom is -0.366 e. The third-order valence-corrected chi connectivity index (χ3v) is 10.5. The van der Waals surface area contributed by atoms with E-state index in [1.54, 1.807) is 32.0 Å². The van der Waals surface area contributed by atoms with Crippen molar-refractivity contribution in [2.24, 2.45) is 10.4 Å². The number of carbonyl (C=O) groups is 1. The van der Waals surface area contributed by atoms with Crippen LogP contribution in [0.5, 0.6) is 0 Å². The summed E-state index contributed by atoms with van der Waals surface area (Å²) in [5.74, 6) is -0.335. The molecule has 2 bridgehead atoms. The van der Waals surface area contributed by atoms with Gasteiger partial charge in [0.2, 0.25) is 10.0 Å². The fraction of sp³-hybridized carbons (Fsp3) is 0.500. The summed E-state index contributed by atoms with van der Waals surface area (Å²) in [6.07, 6.45) is -4.43. The first-order valence-electron chi connectivity index (χ1n) is 13.0. The maximum absolute atomic E-state index is 13.8. The summed E-state index contributed by atoms with van der Waals surface area (Å²) in [4.78, 5) is 17.6. The molecule has 0 radical (unpaired) electrons. The predicted octanol–water partition coefficient (Wildman–Crippen LogP) is 6.04. The zero-order valence-electron chi connectivity index (χ0n) is 22.1. The zero-order chi connectivity index (χ0) is 29.1. The highest BCUT2D eigenvalue weighted by Crippen LogP contribution is 2.71. The molecule has 1 atom stereocenters. The Kier molecular flexibility index (Phi) is 7.11. The van der Waals surface area contributed by atoms with Crippen LogP contribution in [0.2, 0.25) is 5.02 Å². The van der Waals surface area contributed by atoms with Gasteiger partial charge in [0.05, 0.1) is 15.5 Å². The van der Waals surface area contributed by atoms with Crippen LogP contribution in [-0.2, 0) is 21.4 Å². The fourth-order valence-corrected chi connectivity index (χ4v) is 8.30. The average molecular weight is 600 g/mol. The Bertz CT molecular complexity index is 1440. The van der Waals surface area contributed by atoms with Gasteiger partial charge in [-0.2, -0.15) is 17.5 Å². The summed E-state index contributed by atoms with van der Waals surface area (Å²) >= 11 is 5.98. The first kappa shape index (κ1) is 29.0. The number of nitrogens with zero attached hydrogens (tertiary/aromatic N) is 2. The minimum absolute atomic E-state index is 0.000970. The smallest absolute Gasteiger partial charge is 0.366 e. The number of alkyl halides is 3. The molecule has 2 aromatic carbocycles. The number of aliphatic imine (C=N–C) groups is 1. The van der Waals surface area contributed by atoms with Crippen molar-refractivity contribution in [1.29, 1.82) is 0 Å². The topological polar surface area (TPSA) is 78.8 Å². The molecule has 3 aliphatic carbocycles. The SMILES string of the molecule is CC1(C)NC(C23CC(N(Cc4ccc(F)c(Cl)c4)S(=O)(=O)c4ccccc4)(C2)C3)=N[C@H]1C(=O)CCCC(F)(F)F. The monoisotopic (exact) mass is 599 g/mol. The number of sulfonamides is 1. The average Bonchev–Trinajstić information content (AvgIpc) is 3.13. The van der Waals surface area contributed by atoms with Crippen LogP contribution in [0.1, 0.15) is 57.9 Å². The van der Waals surface area contributed by atoms with E-state index in [-0.39, 0.29) is 35.1 Å². The van der Waals surface area contributed by atoms with E-state index in [9.17, 15) is 30.8 Å². The highest BCUT2D eigenvalue weighted by atomic mass is 35.5. The molecule has 1 N–H and O–H groups in total. The number of hydrogen-bond donors (Lipinski definition) is 1. The second-order valence-corrected chi connectivity index (χ2v) is 14.0. The molecule has 12 heteroatoms. The molecule has 2 aromatic rings. The standard InChI is InChI=1S/C28H30ClF4N3O3S/c1-25(2)23(22(37)9-6-12-28(31,32)33)34-24(35-25)26-15-27(16-26,17-26)36(14-18-10-11-21(30)20(29)13-18)40(38,39)19-7-4-3-5-8-19/h3-5,7-8,10-11,13,23H,6,9,12,14-17H2,1-2H3,(H,34,35)/t23-,26?,27?/m0/s1. The molecule has 3 saturated carbocycles. The van der Waals surface area contributed by atoms with E-state index in [2.05, 4.69) is 10.3 Å². The van der Waals surface area contributed by atoms with Gasteiger partial charge in [-0.05, 0) is 69.4 Å². The Balaban J connectivity index is 1.36. The van der Waals surface area contributed by atoms with Crippen LogP contribution in [0.4, 0.5) is 17.6 Å². The number of benzene rings is 2.